The standard InChI is InChI=1S/C61H40N2O/c1-61(2)51-22-7-3-17-48(51)58-52(61)23-13-26-55(58)62(39-32-28-37(29-33-39)41-18-11-21-47-44-16-6-10-27-56(44)64-60(41)47)40-34-30-38(31-35-40)49-36-50-43-15-5-9-25-54(43)63-53-24-8-4-14-42(53)45-19-12-20-46(49)57(45)59(50)63/h3-36H,1-2H3. The minimum atomic E-state index is -0.128. The van der Waals surface area contributed by atoms with Gasteiger partial charge in [-0.1, -0.05) is 166 Å². The Hall–Kier alpha value is -8.14. The first-order chi connectivity index (χ1) is 31.5. The average molecular weight is 817 g/mol. The Kier molecular flexibility index (Phi) is 7.17. The van der Waals surface area contributed by atoms with Crippen LogP contribution in [0.15, 0.2) is 211 Å². The largest absolute Gasteiger partial charge is 0.455 e. The third-order valence-electron chi connectivity index (χ3n) is 14.3. The minimum Gasteiger partial charge on any atom is -0.455 e. The SMILES string of the molecule is CC1(C)c2ccccc2-c2c(N(c3ccc(-c4cc5c6ccccc6n6c7ccccc7c7cccc4c7c56)cc3)c3ccc(-c4cccc5c4oc4ccccc45)cc3)cccc21. The van der Waals surface area contributed by atoms with Gasteiger partial charge in [0.2, 0.25) is 0 Å². The van der Waals surface area contributed by atoms with Crippen LogP contribution in [-0.4, -0.2) is 4.40 Å². The molecule has 3 nitrogen and oxygen atoms in total. The fourth-order valence-corrected chi connectivity index (χ4v) is 11.4. The lowest BCUT2D eigenvalue weighted by Gasteiger charge is -2.29. The topological polar surface area (TPSA) is 20.8 Å². The summed E-state index contributed by atoms with van der Waals surface area (Å²) >= 11 is 0. The molecule has 1 aliphatic rings. The maximum absolute atomic E-state index is 6.49. The molecule has 0 amide bonds. The van der Waals surface area contributed by atoms with E-state index in [2.05, 4.69) is 223 Å². The fraction of sp³-hybridized carbons (Fsp3) is 0.0492. The van der Waals surface area contributed by atoms with Crippen molar-refractivity contribution in [1.82, 2.24) is 4.40 Å². The second-order valence-electron chi connectivity index (χ2n) is 18.0. The van der Waals surface area contributed by atoms with Gasteiger partial charge in [-0.2, -0.15) is 0 Å². The molecule has 0 radical (unpaired) electrons. The van der Waals surface area contributed by atoms with Crippen LogP contribution in [0.4, 0.5) is 17.1 Å². The molecule has 0 unspecified atom stereocenters. The Morgan fingerprint density at radius 1 is 0.422 bits per heavy atom. The van der Waals surface area contributed by atoms with Crippen molar-refractivity contribution < 1.29 is 4.42 Å². The number of anilines is 3. The molecule has 0 saturated heterocycles. The summed E-state index contributed by atoms with van der Waals surface area (Å²) in [5.74, 6) is 0. The lowest BCUT2D eigenvalue weighted by Crippen LogP contribution is -2.16. The molecular formula is C61H40N2O. The second-order valence-corrected chi connectivity index (χ2v) is 18.0. The number of aromatic nitrogens is 1. The third-order valence-corrected chi connectivity index (χ3v) is 14.3. The molecule has 0 saturated carbocycles. The number of nitrogens with zero attached hydrogens (tertiary/aromatic N) is 2. The molecule has 0 fully saturated rings. The van der Waals surface area contributed by atoms with Gasteiger partial charge in [-0.15, -0.1) is 0 Å². The monoisotopic (exact) mass is 816 g/mol. The normalized spacial score (nSPS) is 13.3. The Morgan fingerprint density at radius 2 is 0.969 bits per heavy atom. The summed E-state index contributed by atoms with van der Waals surface area (Å²) in [5.41, 5.74) is 18.8. The van der Waals surface area contributed by atoms with Crippen LogP contribution >= 0.6 is 0 Å². The molecule has 0 N–H and O–H groups in total. The van der Waals surface area contributed by atoms with E-state index in [1.165, 1.54) is 87.9 Å². The highest BCUT2D eigenvalue weighted by atomic mass is 16.3. The van der Waals surface area contributed by atoms with Crippen LogP contribution in [0.1, 0.15) is 25.0 Å². The number of para-hydroxylation sites is 4. The van der Waals surface area contributed by atoms with Crippen molar-refractivity contribution in [2.24, 2.45) is 0 Å². The smallest absolute Gasteiger partial charge is 0.143 e. The zero-order valence-electron chi connectivity index (χ0n) is 35.4. The number of rotatable bonds is 5. The van der Waals surface area contributed by atoms with Gasteiger partial charge in [-0.05, 0) is 98.8 Å². The van der Waals surface area contributed by atoms with Crippen molar-refractivity contribution in [3.63, 3.8) is 0 Å². The van der Waals surface area contributed by atoms with Crippen molar-refractivity contribution in [2.75, 3.05) is 4.90 Å². The molecule has 10 aromatic carbocycles. The van der Waals surface area contributed by atoms with E-state index in [-0.39, 0.29) is 5.41 Å². The van der Waals surface area contributed by atoms with E-state index in [0.717, 1.165) is 44.4 Å². The zero-order valence-corrected chi connectivity index (χ0v) is 35.4. The third kappa shape index (κ3) is 4.76. The number of benzene rings is 10. The summed E-state index contributed by atoms with van der Waals surface area (Å²) in [4.78, 5) is 2.45. The van der Waals surface area contributed by atoms with E-state index in [1.54, 1.807) is 0 Å². The van der Waals surface area contributed by atoms with Crippen molar-refractivity contribution in [3.8, 4) is 33.4 Å². The summed E-state index contributed by atoms with van der Waals surface area (Å²) in [7, 11) is 0. The first-order valence-corrected chi connectivity index (χ1v) is 22.3. The summed E-state index contributed by atoms with van der Waals surface area (Å²) in [6.07, 6.45) is 0. The Balaban J connectivity index is 0.961. The molecule has 3 aromatic heterocycles. The zero-order chi connectivity index (χ0) is 42.3. The van der Waals surface area contributed by atoms with Gasteiger partial charge in [-0.3, -0.25) is 0 Å². The van der Waals surface area contributed by atoms with Crippen LogP contribution < -0.4 is 4.90 Å². The molecule has 64 heavy (non-hydrogen) atoms. The van der Waals surface area contributed by atoms with Gasteiger partial charge in [-0.25, -0.2) is 0 Å². The summed E-state index contributed by atoms with van der Waals surface area (Å²) in [6, 6.07) is 75.9. The van der Waals surface area contributed by atoms with E-state index in [4.69, 9.17) is 4.42 Å². The Morgan fingerprint density at radius 3 is 1.73 bits per heavy atom. The number of pyridine rings is 1. The lowest BCUT2D eigenvalue weighted by molar-refractivity contribution is 0.660. The molecule has 300 valence electrons. The lowest BCUT2D eigenvalue weighted by atomic mass is 9.82. The van der Waals surface area contributed by atoms with E-state index < -0.39 is 0 Å². The van der Waals surface area contributed by atoms with Crippen LogP contribution in [0, 0.1) is 0 Å². The van der Waals surface area contributed by atoms with E-state index in [1.807, 2.05) is 6.07 Å². The predicted molar refractivity (Wildman–Crippen MR) is 269 cm³/mol. The van der Waals surface area contributed by atoms with Gasteiger partial charge in [0.1, 0.15) is 11.2 Å². The maximum Gasteiger partial charge on any atom is 0.143 e. The number of hydrogen-bond donors (Lipinski definition) is 0. The molecule has 3 heterocycles. The molecule has 1 aliphatic carbocycles. The Labute approximate surface area is 370 Å². The minimum absolute atomic E-state index is 0.128. The predicted octanol–water partition coefficient (Wildman–Crippen LogP) is 17.0. The number of hydrogen-bond acceptors (Lipinski definition) is 2. The Bertz CT molecular complexity index is 4030. The van der Waals surface area contributed by atoms with Gasteiger partial charge in [0.25, 0.3) is 0 Å². The first-order valence-electron chi connectivity index (χ1n) is 22.3. The number of furan rings is 1. The van der Waals surface area contributed by atoms with Crippen molar-refractivity contribution in [3.05, 3.63) is 217 Å². The van der Waals surface area contributed by atoms with Crippen LogP contribution in [0.2, 0.25) is 0 Å². The molecule has 3 heteroatoms. The summed E-state index contributed by atoms with van der Waals surface area (Å²) in [5, 5.41) is 9.97. The van der Waals surface area contributed by atoms with Gasteiger partial charge in [0, 0.05) is 60.2 Å². The molecule has 13 aromatic rings. The van der Waals surface area contributed by atoms with Crippen LogP contribution in [0.25, 0.3) is 104 Å². The van der Waals surface area contributed by atoms with E-state index >= 15 is 0 Å². The highest BCUT2D eigenvalue weighted by molar-refractivity contribution is 6.31. The van der Waals surface area contributed by atoms with E-state index in [9.17, 15) is 0 Å². The highest BCUT2D eigenvalue weighted by Crippen LogP contribution is 2.54. The van der Waals surface area contributed by atoms with Gasteiger partial charge < -0.3 is 13.7 Å². The van der Waals surface area contributed by atoms with Gasteiger partial charge in [0.05, 0.1) is 22.2 Å². The fourth-order valence-electron chi connectivity index (χ4n) is 11.4. The van der Waals surface area contributed by atoms with Gasteiger partial charge >= 0.3 is 0 Å². The average Bonchev–Trinajstić information content (AvgIpc) is 3.98. The van der Waals surface area contributed by atoms with Crippen LogP contribution in [0.5, 0.6) is 0 Å². The van der Waals surface area contributed by atoms with E-state index in [0.29, 0.717) is 0 Å². The molecule has 0 aliphatic heterocycles. The van der Waals surface area contributed by atoms with Crippen LogP contribution in [0.3, 0.4) is 0 Å². The van der Waals surface area contributed by atoms with Crippen LogP contribution in [-0.2, 0) is 5.41 Å². The van der Waals surface area contributed by atoms with Gasteiger partial charge in [0.15, 0.2) is 0 Å². The second kappa shape index (κ2) is 12.9. The summed E-state index contributed by atoms with van der Waals surface area (Å²) < 4.78 is 8.98. The summed E-state index contributed by atoms with van der Waals surface area (Å²) in [6.45, 7) is 4.71. The van der Waals surface area contributed by atoms with Crippen molar-refractivity contribution in [2.45, 2.75) is 19.3 Å². The molecule has 0 spiro atoms. The quantitative estimate of drug-likeness (QED) is 0.127. The molecule has 0 atom stereocenters. The molecule has 0 bridgehead atoms. The number of fused-ring (bicyclic) bond motifs is 12. The first kappa shape index (κ1) is 35.5. The maximum atomic E-state index is 6.49. The molecule has 14 rings (SSSR count). The van der Waals surface area contributed by atoms with Crippen molar-refractivity contribution in [1.29, 1.82) is 0 Å². The molecular weight excluding hydrogens is 777 g/mol. The van der Waals surface area contributed by atoms with Crippen molar-refractivity contribution >= 4 is 87.9 Å². The highest BCUT2D eigenvalue weighted by Gasteiger charge is 2.37.